The highest BCUT2D eigenvalue weighted by atomic mass is 16.5. The van der Waals surface area contributed by atoms with Crippen molar-refractivity contribution >= 4 is 5.97 Å². The van der Waals surface area contributed by atoms with Gasteiger partial charge in [-0.1, -0.05) is 13.8 Å². The number of methoxy groups -OCH3 is 3. The zero-order chi connectivity index (χ0) is 17.0. The van der Waals surface area contributed by atoms with Gasteiger partial charge in [0.05, 0.1) is 21.3 Å². The lowest BCUT2D eigenvalue weighted by atomic mass is 9.82. The van der Waals surface area contributed by atoms with Crippen molar-refractivity contribution in [3.63, 3.8) is 0 Å². The second-order valence-electron chi connectivity index (χ2n) is 6.35. The third kappa shape index (κ3) is 4.09. The number of hydrogen-bond acceptors (Lipinski definition) is 5. The van der Waals surface area contributed by atoms with Gasteiger partial charge in [0.1, 0.15) is 17.4 Å². The minimum absolute atomic E-state index is 0.0425. The van der Waals surface area contributed by atoms with Crippen molar-refractivity contribution in [2.24, 2.45) is 11.8 Å². The average Bonchev–Trinajstić information content (AvgIpc) is 2.52. The van der Waals surface area contributed by atoms with Crippen LogP contribution in [0.1, 0.15) is 43.5 Å². The summed E-state index contributed by atoms with van der Waals surface area (Å²) in [6.07, 6.45) is 2.96. The Morgan fingerprint density at radius 1 is 0.870 bits per heavy atom. The van der Waals surface area contributed by atoms with Crippen LogP contribution >= 0.6 is 0 Å². The van der Waals surface area contributed by atoms with Gasteiger partial charge in [-0.2, -0.15) is 0 Å². The fraction of sp³-hybridized carbons (Fsp3) is 0.611. The highest BCUT2D eigenvalue weighted by Gasteiger charge is 2.28. The highest BCUT2D eigenvalue weighted by molar-refractivity contribution is 5.93. The molecule has 2 atom stereocenters. The van der Waals surface area contributed by atoms with Gasteiger partial charge in [0.2, 0.25) is 0 Å². The Morgan fingerprint density at radius 3 is 1.91 bits per heavy atom. The molecule has 5 heteroatoms. The molecule has 1 saturated carbocycles. The fourth-order valence-electron chi connectivity index (χ4n) is 3.37. The first kappa shape index (κ1) is 17.4. The van der Waals surface area contributed by atoms with Gasteiger partial charge < -0.3 is 18.9 Å². The van der Waals surface area contributed by atoms with Crippen LogP contribution in [-0.2, 0) is 4.74 Å². The van der Waals surface area contributed by atoms with E-state index >= 15 is 0 Å². The summed E-state index contributed by atoms with van der Waals surface area (Å²) in [5.74, 6) is 2.18. The van der Waals surface area contributed by atoms with Crippen molar-refractivity contribution < 1.29 is 23.7 Å². The normalized spacial score (nSPS) is 24.0. The van der Waals surface area contributed by atoms with Gasteiger partial charge in [-0.25, -0.2) is 4.79 Å². The summed E-state index contributed by atoms with van der Waals surface area (Å²) in [5.41, 5.74) is 0.357. The number of hydrogen-bond donors (Lipinski definition) is 0. The Labute approximate surface area is 137 Å². The van der Waals surface area contributed by atoms with E-state index in [9.17, 15) is 4.79 Å². The van der Waals surface area contributed by atoms with E-state index in [2.05, 4.69) is 13.8 Å². The number of ether oxygens (including phenoxy) is 4. The van der Waals surface area contributed by atoms with Gasteiger partial charge in [-0.3, -0.25) is 0 Å². The molecular formula is C18H26O5. The summed E-state index contributed by atoms with van der Waals surface area (Å²) < 4.78 is 21.5. The Hall–Kier alpha value is -1.91. The van der Waals surface area contributed by atoms with E-state index in [-0.39, 0.29) is 12.1 Å². The lowest BCUT2D eigenvalue weighted by Crippen LogP contribution is -2.28. The lowest BCUT2D eigenvalue weighted by molar-refractivity contribution is 0.00774. The summed E-state index contributed by atoms with van der Waals surface area (Å²) in [6.45, 7) is 4.40. The second-order valence-corrected chi connectivity index (χ2v) is 6.35. The van der Waals surface area contributed by atoms with E-state index in [1.807, 2.05) is 0 Å². The first-order chi connectivity index (χ1) is 11.0. The van der Waals surface area contributed by atoms with Gasteiger partial charge in [0.15, 0.2) is 11.5 Å². The lowest BCUT2D eigenvalue weighted by Gasteiger charge is -2.31. The van der Waals surface area contributed by atoms with Crippen molar-refractivity contribution in [1.29, 1.82) is 0 Å². The van der Waals surface area contributed by atoms with Crippen LogP contribution < -0.4 is 14.2 Å². The molecule has 0 aliphatic heterocycles. The molecule has 1 fully saturated rings. The van der Waals surface area contributed by atoms with Crippen LogP contribution in [0, 0.1) is 11.8 Å². The van der Waals surface area contributed by atoms with Crippen molar-refractivity contribution in [2.75, 3.05) is 21.3 Å². The average molecular weight is 322 g/mol. The number of esters is 1. The monoisotopic (exact) mass is 322 g/mol. The van der Waals surface area contributed by atoms with Crippen LogP contribution in [0.2, 0.25) is 0 Å². The van der Waals surface area contributed by atoms with Crippen molar-refractivity contribution in [2.45, 2.75) is 39.2 Å². The zero-order valence-electron chi connectivity index (χ0n) is 14.5. The van der Waals surface area contributed by atoms with Crippen molar-refractivity contribution in [3.8, 4) is 17.2 Å². The number of benzene rings is 1. The molecule has 0 aromatic heterocycles. The molecule has 23 heavy (non-hydrogen) atoms. The van der Waals surface area contributed by atoms with E-state index in [0.29, 0.717) is 34.6 Å². The molecule has 0 radical (unpaired) electrons. The molecule has 1 aromatic carbocycles. The smallest absolute Gasteiger partial charge is 0.342 e. The molecule has 0 saturated heterocycles. The molecule has 0 amide bonds. The molecule has 0 spiro atoms. The third-order valence-electron chi connectivity index (χ3n) is 4.33. The fourth-order valence-corrected chi connectivity index (χ4v) is 3.37. The maximum atomic E-state index is 12.6. The minimum atomic E-state index is -0.380. The van der Waals surface area contributed by atoms with Crippen LogP contribution in [0.15, 0.2) is 12.1 Å². The van der Waals surface area contributed by atoms with Gasteiger partial charge in [-0.15, -0.1) is 0 Å². The molecule has 1 aliphatic carbocycles. The molecule has 2 unspecified atom stereocenters. The number of rotatable bonds is 5. The number of carbonyl (C=O) groups excluding carboxylic acids is 1. The highest BCUT2D eigenvalue weighted by Crippen LogP contribution is 2.36. The van der Waals surface area contributed by atoms with Gasteiger partial charge in [0.25, 0.3) is 0 Å². The SMILES string of the molecule is COc1cc(OC)c(C(=O)OC2CC(C)CC(C)C2)cc1OC. The summed E-state index contributed by atoms with van der Waals surface area (Å²) in [5, 5.41) is 0. The Balaban J connectivity index is 2.21. The maximum Gasteiger partial charge on any atom is 0.342 e. The van der Waals surface area contributed by atoms with Crippen molar-refractivity contribution in [1.82, 2.24) is 0 Å². The second kappa shape index (κ2) is 7.57. The molecule has 1 aliphatic rings. The molecule has 0 N–H and O–H groups in total. The van der Waals surface area contributed by atoms with Gasteiger partial charge in [-0.05, 0) is 31.1 Å². The minimum Gasteiger partial charge on any atom is -0.496 e. The van der Waals surface area contributed by atoms with E-state index < -0.39 is 0 Å². The Bertz CT molecular complexity index is 545. The van der Waals surface area contributed by atoms with Crippen LogP contribution in [0.25, 0.3) is 0 Å². The summed E-state index contributed by atoms with van der Waals surface area (Å²) >= 11 is 0. The molecule has 5 nitrogen and oxygen atoms in total. The van der Waals surface area contributed by atoms with Crippen LogP contribution in [0.4, 0.5) is 0 Å². The largest absolute Gasteiger partial charge is 0.496 e. The zero-order valence-corrected chi connectivity index (χ0v) is 14.5. The quantitative estimate of drug-likeness (QED) is 0.774. The summed E-state index contributed by atoms with van der Waals surface area (Å²) in [6, 6.07) is 3.25. The van der Waals surface area contributed by atoms with E-state index in [0.717, 1.165) is 12.8 Å². The molecule has 0 bridgehead atoms. The van der Waals surface area contributed by atoms with Crippen LogP contribution in [0.5, 0.6) is 17.2 Å². The predicted octanol–water partition coefficient (Wildman–Crippen LogP) is 3.69. The summed E-state index contributed by atoms with van der Waals surface area (Å²) in [4.78, 5) is 12.6. The van der Waals surface area contributed by atoms with Crippen LogP contribution in [-0.4, -0.2) is 33.4 Å². The topological polar surface area (TPSA) is 54.0 Å². The van der Waals surface area contributed by atoms with Gasteiger partial charge in [0, 0.05) is 12.1 Å². The molecular weight excluding hydrogens is 296 g/mol. The van der Waals surface area contributed by atoms with Crippen molar-refractivity contribution in [3.05, 3.63) is 17.7 Å². The molecule has 2 rings (SSSR count). The van der Waals surface area contributed by atoms with Gasteiger partial charge >= 0.3 is 5.97 Å². The molecule has 0 heterocycles. The number of carbonyl (C=O) groups is 1. The standard InChI is InChI=1S/C18H26O5/c1-11-6-12(2)8-13(7-11)23-18(19)14-9-16(21-4)17(22-5)10-15(14)20-3/h9-13H,6-8H2,1-5H3. The Kier molecular flexibility index (Phi) is 5.74. The first-order valence-corrected chi connectivity index (χ1v) is 7.99. The third-order valence-corrected chi connectivity index (χ3v) is 4.33. The molecule has 128 valence electrons. The Morgan fingerprint density at radius 2 is 1.39 bits per heavy atom. The molecule has 1 aromatic rings. The maximum absolute atomic E-state index is 12.6. The van der Waals surface area contributed by atoms with E-state index in [1.54, 1.807) is 19.2 Å². The van der Waals surface area contributed by atoms with E-state index in [1.165, 1.54) is 20.6 Å². The van der Waals surface area contributed by atoms with E-state index in [4.69, 9.17) is 18.9 Å². The predicted molar refractivity (Wildman–Crippen MR) is 87.5 cm³/mol. The summed E-state index contributed by atoms with van der Waals surface area (Å²) in [7, 11) is 4.59. The first-order valence-electron chi connectivity index (χ1n) is 7.99. The van der Waals surface area contributed by atoms with Crippen LogP contribution in [0.3, 0.4) is 0 Å².